The maximum atomic E-state index is 12.7. The van der Waals surface area contributed by atoms with Gasteiger partial charge in [-0.15, -0.1) is 0 Å². The molecule has 0 radical (unpaired) electrons. The van der Waals surface area contributed by atoms with Crippen molar-refractivity contribution >= 4 is 45.9 Å². The number of amidine groups is 1. The largest absolute Gasteiger partial charge is 0.335 e. The van der Waals surface area contributed by atoms with Crippen molar-refractivity contribution < 1.29 is 4.79 Å². The fraction of sp³-hybridized carbons (Fsp3) is 0.200. The lowest BCUT2D eigenvalue weighted by Crippen LogP contribution is -2.38. The first kappa shape index (κ1) is 23.5. The number of Topliss-reactive ketones (excluding diaryl/α,β-unsaturated/α-hetero) is 1. The highest BCUT2D eigenvalue weighted by Crippen LogP contribution is 2.39. The van der Waals surface area contributed by atoms with Gasteiger partial charge < -0.3 is 4.90 Å². The summed E-state index contributed by atoms with van der Waals surface area (Å²) >= 11 is 13.5. The molecule has 0 amide bonds. The zero-order valence-electron chi connectivity index (χ0n) is 18.2. The van der Waals surface area contributed by atoms with Crippen molar-refractivity contribution in [2.24, 2.45) is 4.99 Å². The summed E-state index contributed by atoms with van der Waals surface area (Å²) in [5.74, 6) is 0.679. The van der Waals surface area contributed by atoms with Gasteiger partial charge in [0, 0.05) is 36.0 Å². The molecule has 1 atom stereocenters. The smallest absolute Gasteiger partial charge is 0.165 e. The van der Waals surface area contributed by atoms with E-state index in [2.05, 4.69) is 14.9 Å². The lowest BCUT2D eigenvalue weighted by molar-refractivity contribution is -0.114. The summed E-state index contributed by atoms with van der Waals surface area (Å²) in [6.07, 6.45) is 3.53. The van der Waals surface area contributed by atoms with E-state index in [1.165, 1.54) is 0 Å². The molecule has 0 fully saturated rings. The second-order valence-corrected chi connectivity index (χ2v) is 9.37. The summed E-state index contributed by atoms with van der Waals surface area (Å²) in [7, 11) is 0. The van der Waals surface area contributed by atoms with Crippen molar-refractivity contribution in [2.45, 2.75) is 32.2 Å². The Balaban J connectivity index is 1.74. The number of ketones is 1. The second kappa shape index (κ2) is 10.5. The van der Waals surface area contributed by atoms with E-state index in [9.17, 15) is 4.79 Å². The number of allylic oxidation sites excluding steroid dienone is 1. The summed E-state index contributed by atoms with van der Waals surface area (Å²) in [4.78, 5) is 28.2. The normalized spacial score (nSPS) is 16.1. The standard InChI is InChI=1S/C25H22Cl2N4OS/c1-16-23(17(2)32)24(20-6-4-3-5-7-20)31(14-18-8-10-21(26)28-12-18)25(30-16)33-15-19-9-11-22(27)29-13-19/h3-13,24H,14-15H2,1-2H3. The summed E-state index contributed by atoms with van der Waals surface area (Å²) < 4.78 is 0. The molecule has 1 aliphatic heterocycles. The van der Waals surface area contributed by atoms with Gasteiger partial charge in [0.15, 0.2) is 11.0 Å². The van der Waals surface area contributed by atoms with Crippen LogP contribution in [0.15, 0.2) is 83.3 Å². The minimum Gasteiger partial charge on any atom is -0.335 e. The van der Waals surface area contributed by atoms with Gasteiger partial charge in [-0.05, 0) is 42.7 Å². The molecule has 1 aliphatic rings. The van der Waals surface area contributed by atoms with Crippen LogP contribution in [0, 0.1) is 0 Å². The van der Waals surface area contributed by atoms with Crippen LogP contribution in [0.5, 0.6) is 0 Å². The molecule has 4 rings (SSSR count). The molecule has 0 saturated carbocycles. The summed E-state index contributed by atoms with van der Waals surface area (Å²) in [5.41, 5.74) is 4.48. The van der Waals surface area contributed by atoms with E-state index in [4.69, 9.17) is 28.2 Å². The molecule has 5 nitrogen and oxygen atoms in total. The van der Waals surface area contributed by atoms with Crippen LogP contribution in [0.3, 0.4) is 0 Å². The number of rotatable bonds is 6. The van der Waals surface area contributed by atoms with Gasteiger partial charge in [0.1, 0.15) is 10.3 Å². The third-order valence-corrected chi connectivity index (χ3v) is 6.79. The van der Waals surface area contributed by atoms with E-state index in [1.54, 1.807) is 43.2 Å². The van der Waals surface area contributed by atoms with Crippen molar-refractivity contribution in [2.75, 3.05) is 0 Å². The van der Waals surface area contributed by atoms with Crippen LogP contribution in [0.2, 0.25) is 10.3 Å². The third kappa shape index (κ3) is 5.64. The quantitative estimate of drug-likeness (QED) is 0.364. The lowest BCUT2D eigenvalue weighted by atomic mass is 9.92. The molecule has 3 heterocycles. The van der Waals surface area contributed by atoms with Crippen LogP contribution < -0.4 is 0 Å². The average molecular weight is 497 g/mol. The van der Waals surface area contributed by atoms with E-state index in [0.717, 1.165) is 27.6 Å². The number of aromatic nitrogens is 2. The molecule has 2 aromatic heterocycles. The van der Waals surface area contributed by atoms with E-state index in [0.29, 0.717) is 28.2 Å². The number of thioether (sulfide) groups is 1. The first-order chi connectivity index (χ1) is 15.9. The number of benzene rings is 1. The molecule has 3 aromatic rings. The predicted octanol–water partition coefficient (Wildman–Crippen LogP) is 6.49. The fourth-order valence-electron chi connectivity index (χ4n) is 3.77. The van der Waals surface area contributed by atoms with E-state index < -0.39 is 0 Å². The Bertz CT molecular complexity index is 1200. The summed E-state index contributed by atoms with van der Waals surface area (Å²) in [6.45, 7) is 4.03. The van der Waals surface area contributed by atoms with Crippen LogP contribution in [-0.2, 0) is 17.1 Å². The number of carbonyl (C=O) groups is 1. The number of nitrogens with zero attached hydrogens (tertiary/aromatic N) is 4. The van der Waals surface area contributed by atoms with Gasteiger partial charge in [-0.2, -0.15) is 0 Å². The Hall–Kier alpha value is -2.67. The molecule has 0 N–H and O–H groups in total. The Morgan fingerprint density at radius 3 is 2.18 bits per heavy atom. The molecule has 1 aromatic carbocycles. The van der Waals surface area contributed by atoms with E-state index >= 15 is 0 Å². The number of carbonyl (C=O) groups excluding carboxylic acids is 1. The Morgan fingerprint density at radius 2 is 1.61 bits per heavy atom. The molecule has 0 spiro atoms. The van der Waals surface area contributed by atoms with Gasteiger partial charge in [0.2, 0.25) is 0 Å². The molecule has 0 aliphatic carbocycles. The van der Waals surface area contributed by atoms with Crippen molar-refractivity contribution in [3.63, 3.8) is 0 Å². The average Bonchev–Trinajstić information content (AvgIpc) is 2.81. The van der Waals surface area contributed by atoms with Crippen LogP contribution in [-0.4, -0.2) is 25.8 Å². The van der Waals surface area contributed by atoms with Crippen LogP contribution in [0.4, 0.5) is 0 Å². The molecular formula is C25H22Cl2N4OS. The Kier molecular flexibility index (Phi) is 7.48. The maximum absolute atomic E-state index is 12.7. The second-order valence-electron chi connectivity index (χ2n) is 7.66. The zero-order chi connectivity index (χ0) is 23.4. The first-order valence-electron chi connectivity index (χ1n) is 10.4. The molecule has 0 bridgehead atoms. The van der Waals surface area contributed by atoms with Gasteiger partial charge in [-0.3, -0.25) is 4.79 Å². The lowest BCUT2D eigenvalue weighted by Gasteiger charge is -2.38. The highest BCUT2D eigenvalue weighted by atomic mass is 35.5. The summed E-state index contributed by atoms with van der Waals surface area (Å²) in [5, 5.41) is 1.73. The number of hydrogen-bond donors (Lipinski definition) is 0. The van der Waals surface area contributed by atoms with Gasteiger partial charge in [-0.1, -0.05) is 77.4 Å². The third-order valence-electron chi connectivity index (χ3n) is 5.28. The van der Waals surface area contributed by atoms with Crippen molar-refractivity contribution in [1.29, 1.82) is 0 Å². The van der Waals surface area contributed by atoms with Crippen molar-refractivity contribution in [3.05, 3.63) is 105 Å². The van der Waals surface area contributed by atoms with Crippen molar-refractivity contribution in [1.82, 2.24) is 14.9 Å². The highest BCUT2D eigenvalue weighted by Gasteiger charge is 2.34. The maximum Gasteiger partial charge on any atom is 0.165 e. The van der Waals surface area contributed by atoms with E-state index in [1.807, 2.05) is 49.4 Å². The minimum atomic E-state index is -0.261. The van der Waals surface area contributed by atoms with Crippen LogP contribution >= 0.6 is 35.0 Å². The SMILES string of the molecule is CC(=O)C1=C(C)N=C(SCc2ccc(Cl)nc2)N(Cc2ccc(Cl)nc2)C1c1ccccc1. The topological polar surface area (TPSA) is 58.5 Å². The molecule has 0 saturated heterocycles. The van der Waals surface area contributed by atoms with Crippen LogP contribution in [0.25, 0.3) is 0 Å². The zero-order valence-corrected chi connectivity index (χ0v) is 20.5. The number of hydrogen-bond acceptors (Lipinski definition) is 6. The molecule has 8 heteroatoms. The Labute approximate surface area is 207 Å². The number of halogens is 2. The minimum absolute atomic E-state index is 0.00952. The van der Waals surface area contributed by atoms with Gasteiger partial charge in [-0.25, -0.2) is 15.0 Å². The van der Waals surface area contributed by atoms with Crippen LogP contribution in [0.1, 0.15) is 36.6 Å². The molecule has 1 unspecified atom stereocenters. The van der Waals surface area contributed by atoms with Gasteiger partial charge in [0.25, 0.3) is 0 Å². The molecular weight excluding hydrogens is 475 g/mol. The Morgan fingerprint density at radius 1 is 0.970 bits per heavy atom. The van der Waals surface area contributed by atoms with Gasteiger partial charge >= 0.3 is 0 Å². The molecule has 168 valence electrons. The number of pyridine rings is 2. The van der Waals surface area contributed by atoms with Crippen molar-refractivity contribution in [3.8, 4) is 0 Å². The van der Waals surface area contributed by atoms with Gasteiger partial charge in [0.05, 0.1) is 6.04 Å². The molecule has 33 heavy (non-hydrogen) atoms. The predicted molar refractivity (Wildman–Crippen MR) is 135 cm³/mol. The summed E-state index contributed by atoms with van der Waals surface area (Å²) in [6, 6.07) is 17.2. The fourth-order valence-corrected chi connectivity index (χ4v) is 5.00. The first-order valence-corrected chi connectivity index (χ1v) is 12.1. The monoisotopic (exact) mass is 496 g/mol. The van der Waals surface area contributed by atoms with E-state index in [-0.39, 0.29) is 11.8 Å². The number of aliphatic imine (C=N–C) groups is 1. The highest BCUT2D eigenvalue weighted by molar-refractivity contribution is 8.13.